The Labute approximate surface area is 127 Å². The first-order valence-electron chi connectivity index (χ1n) is 5.58. The zero-order valence-electron chi connectivity index (χ0n) is 10.2. The molecule has 0 aliphatic carbocycles. The van der Waals surface area contributed by atoms with E-state index in [-0.39, 0.29) is 0 Å². The first-order chi connectivity index (χ1) is 9.49. The van der Waals surface area contributed by atoms with Crippen molar-refractivity contribution in [3.8, 4) is 0 Å². The fraction of sp³-hybridized carbons (Fsp3) is 0.0769. The molecule has 0 fully saturated rings. The summed E-state index contributed by atoms with van der Waals surface area (Å²) in [5.41, 5.74) is 6.06. The number of nitro groups is 1. The van der Waals surface area contributed by atoms with Gasteiger partial charge in [-0.15, -0.1) is 11.8 Å². The fourth-order valence-corrected chi connectivity index (χ4v) is 3.24. The van der Waals surface area contributed by atoms with Crippen molar-refractivity contribution in [1.82, 2.24) is 0 Å². The summed E-state index contributed by atoms with van der Waals surface area (Å²) < 4.78 is 14.7. The lowest BCUT2D eigenvalue weighted by Gasteiger charge is -2.06. The van der Waals surface area contributed by atoms with Gasteiger partial charge in [0.25, 0.3) is 0 Å². The van der Waals surface area contributed by atoms with Crippen LogP contribution >= 0.6 is 27.7 Å². The lowest BCUT2D eigenvalue weighted by molar-refractivity contribution is -0.387. The molecule has 0 aromatic heterocycles. The first-order valence-corrected chi connectivity index (χ1v) is 7.36. The lowest BCUT2D eigenvalue weighted by atomic mass is 10.2. The molecule has 0 aliphatic rings. The molecule has 7 heteroatoms. The van der Waals surface area contributed by atoms with Gasteiger partial charge in [-0.3, -0.25) is 10.1 Å². The summed E-state index contributed by atoms with van der Waals surface area (Å²) in [4.78, 5) is 10.9. The number of nitrogens with two attached hydrogens (primary N) is 1. The minimum atomic E-state index is -0.781. The van der Waals surface area contributed by atoms with Crippen molar-refractivity contribution < 1.29 is 9.31 Å². The molecule has 0 aliphatic heterocycles. The van der Waals surface area contributed by atoms with Crippen LogP contribution in [0.2, 0.25) is 0 Å². The molecule has 2 aromatic rings. The number of nitrogens with zero attached hydrogens (tertiary/aromatic N) is 1. The highest BCUT2D eigenvalue weighted by Crippen LogP contribution is 2.33. The number of benzene rings is 2. The molecule has 0 unspecified atom stereocenters. The van der Waals surface area contributed by atoms with E-state index in [0.29, 0.717) is 17.0 Å². The quantitative estimate of drug-likeness (QED) is 0.382. The van der Waals surface area contributed by atoms with Crippen LogP contribution in [-0.4, -0.2) is 4.92 Å². The standard InChI is InChI=1S/C13H10BrFN2O2S/c14-10-6-9(16)4-5-12(10)20-7-8-2-1-3-11(13(8)15)17(18)19/h1-6H,7,16H2. The molecule has 104 valence electrons. The summed E-state index contributed by atoms with van der Waals surface area (Å²) in [5.74, 6) is -0.479. The van der Waals surface area contributed by atoms with Crippen molar-refractivity contribution in [3.05, 3.63) is 62.4 Å². The average molecular weight is 357 g/mol. The Kier molecular flexibility index (Phi) is 4.61. The van der Waals surface area contributed by atoms with E-state index in [4.69, 9.17) is 5.73 Å². The second-order valence-corrected chi connectivity index (χ2v) is 5.86. The average Bonchev–Trinajstić information content (AvgIpc) is 2.39. The second kappa shape index (κ2) is 6.23. The van der Waals surface area contributed by atoms with Crippen molar-refractivity contribution in [2.24, 2.45) is 0 Å². The van der Waals surface area contributed by atoms with Crippen LogP contribution in [0.1, 0.15) is 5.56 Å². The number of anilines is 1. The van der Waals surface area contributed by atoms with Crippen LogP contribution in [0.15, 0.2) is 45.8 Å². The number of nitro benzene ring substituents is 1. The molecule has 0 bridgehead atoms. The summed E-state index contributed by atoms with van der Waals surface area (Å²) in [6, 6.07) is 9.50. The van der Waals surface area contributed by atoms with Gasteiger partial charge in [-0.1, -0.05) is 12.1 Å². The summed E-state index contributed by atoms with van der Waals surface area (Å²) in [5, 5.41) is 10.7. The van der Waals surface area contributed by atoms with E-state index in [9.17, 15) is 14.5 Å². The lowest BCUT2D eigenvalue weighted by Crippen LogP contribution is -1.96. The third-order valence-corrected chi connectivity index (χ3v) is 4.63. The summed E-state index contributed by atoms with van der Waals surface area (Å²) in [6.07, 6.45) is 0. The molecular weight excluding hydrogens is 347 g/mol. The smallest absolute Gasteiger partial charge is 0.305 e. The van der Waals surface area contributed by atoms with E-state index in [2.05, 4.69) is 15.9 Å². The largest absolute Gasteiger partial charge is 0.399 e. The van der Waals surface area contributed by atoms with Crippen molar-refractivity contribution in [2.45, 2.75) is 10.6 Å². The Balaban J connectivity index is 2.19. The molecule has 0 atom stereocenters. The Bertz CT molecular complexity index is 667. The number of halogens is 2. The van der Waals surface area contributed by atoms with Crippen molar-refractivity contribution >= 4 is 39.1 Å². The minimum Gasteiger partial charge on any atom is -0.399 e. The molecular formula is C13H10BrFN2O2S. The maximum atomic E-state index is 13.9. The molecule has 0 saturated heterocycles. The molecule has 0 spiro atoms. The molecule has 0 radical (unpaired) electrons. The van der Waals surface area contributed by atoms with Gasteiger partial charge < -0.3 is 5.73 Å². The molecule has 4 nitrogen and oxygen atoms in total. The van der Waals surface area contributed by atoms with E-state index in [1.807, 2.05) is 6.07 Å². The Hall–Kier alpha value is -1.60. The van der Waals surface area contributed by atoms with Gasteiger partial charge in [-0.25, -0.2) is 0 Å². The van der Waals surface area contributed by atoms with Crippen molar-refractivity contribution in [3.63, 3.8) is 0 Å². The SMILES string of the molecule is Nc1ccc(SCc2cccc([N+](=O)[O-])c2F)c(Br)c1. The van der Waals surface area contributed by atoms with Crippen LogP contribution in [0.4, 0.5) is 15.8 Å². The summed E-state index contributed by atoms with van der Waals surface area (Å²) >= 11 is 4.75. The number of hydrogen-bond acceptors (Lipinski definition) is 4. The zero-order valence-corrected chi connectivity index (χ0v) is 12.6. The monoisotopic (exact) mass is 356 g/mol. The van der Waals surface area contributed by atoms with Gasteiger partial charge in [0, 0.05) is 32.4 Å². The third kappa shape index (κ3) is 3.29. The number of hydrogen-bond donors (Lipinski definition) is 1. The van der Waals surface area contributed by atoms with Gasteiger partial charge in [0.15, 0.2) is 0 Å². The Morgan fingerprint density at radius 2 is 2.10 bits per heavy atom. The van der Waals surface area contributed by atoms with Crippen LogP contribution in [0.3, 0.4) is 0 Å². The maximum Gasteiger partial charge on any atom is 0.305 e. The van der Waals surface area contributed by atoms with Gasteiger partial charge in [-0.2, -0.15) is 4.39 Å². The Morgan fingerprint density at radius 1 is 1.35 bits per heavy atom. The number of nitrogen functional groups attached to an aromatic ring is 1. The summed E-state index contributed by atoms with van der Waals surface area (Å²) in [6.45, 7) is 0. The topological polar surface area (TPSA) is 69.2 Å². The molecule has 20 heavy (non-hydrogen) atoms. The fourth-order valence-electron chi connectivity index (χ4n) is 1.61. The highest BCUT2D eigenvalue weighted by atomic mass is 79.9. The van der Waals surface area contributed by atoms with Gasteiger partial charge in [0.05, 0.1) is 4.92 Å². The van der Waals surface area contributed by atoms with Gasteiger partial charge in [0.2, 0.25) is 5.82 Å². The second-order valence-electron chi connectivity index (χ2n) is 3.99. The molecule has 0 saturated carbocycles. The van der Waals surface area contributed by atoms with Crippen LogP contribution in [0.25, 0.3) is 0 Å². The van der Waals surface area contributed by atoms with Crippen molar-refractivity contribution in [2.75, 3.05) is 5.73 Å². The highest BCUT2D eigenvalue weighted by molar-refractivity contribution is 9.10. The van der Waals surface area contributed by atoms with E-state index in [1.165, 1.54) is 17.8 Å². The van der Waals surface area contributed by atoms with E-state index < -0.39 is 16.4 Å². The van der Waals surface area contributed by atoms with Crippen molar-refractivity contribution in [1.29, 1.82) is 0 Å². The van der Waals surface area contributed by atoms with E-state index in [1.54, 1.807) is 18.2 Å². The normalized spacial score (nSPS) is 10.5. The zero-order chi connectivity index (χ0) is 14.7. The maximum absolute atomic E-state index is 13.9. The first kappa shape index (κ1) is 14.8. The highest BCUT2D eigenvalue weighted by Gasteiger charge is 2.17. The van der Waals surface area contributed by atoms with Gasteiger partial charge in [-0.05, 0) is 34.1 Å². The molecule has 2 rings (SSSR count). The Morgan fingerprint density at radius 3 is 2.75 bits per heavy atom. The predicted molar refractivity (Wildman–Crippen MR) is 81.2 cm³/mol. The van der Waals surface area contributed by atoms with Crippen LogP contribution in [0.5, 0.6) is 0 Å². The van der Waals surface area contributed by atoms with E-state index >= 15 is 0 Å². The molecule has 2 aromatic carbocycles. The summed E-state index contributed by atoms with van der Waals surface area (Å²) in [7, 11) is 0. The molecule has 0 heterocycles. The van der Waals surface area contributed by atoms with Crippen LogP contribution < -0.4 is 5.73 Å². The number of thioether (sulfide) groups is 1. The molecule has 0 amide bonds. The van der Waals surface area contributed by atoms with Crippen LogP contribution in [-0.2, 0) is 5.75 Å². The van der Waals surface area contributed by atoms with E-state index in [0.717, 1.165) is 15.4 Å². The van der Waals surface area contributed by atoms with Gasteiger partial charge >= 0.3 is 5.69 Å². The minimum absolute atomic E-state index is 0.299. The predicted octanol–water partition coefficient (Wildman–Crippen LogP) is 4.37. The van der Waals surface area contributed by atoms with Crippen LogP contribution in [0, 0.1) is 15.9 Å². The molecule has 2 N–H and O–H groups in total. The third-order valence-electron chi connectivity index (χ3n) is 2.59. The van der Waals surface area contributed by atoms with Gasteiger partial charge in [0.1, 0.15) is 0 Å². The number of rotatable bonds is 4.